The van der Waals surface area contributed by atoms with Crippen LogP contribution < -0.4 is 5.32 Å². The molecule has 0 saturated heterocycles. The minimum atomic E-state index is 0.748. The summed E-state index contributed by atoms with van der Waals surface area (Å²) in [6, 6.07) is 20.9. The molecule has 2 aromatic carbocycles. The van der Waals surface area contributed by atoms with E-state index in [0.29, 0.717) is 0 Å². The van der Waals surface area contributed by atoms with Crippen molar-refractivity contribution in [2.24, 2.45) is 0 Å². The standard InChI is InChI=1S/C22H22N4/c1-15-9-11-19(12-10-15)21-17(3)22-24-16(2)13-20(26(22)25-21)23-14-18-7-5-4-6-8-18/h4-13,23H,14H2,1-3H3. The minimum absolute atomic E-state index is 0.748. The SMILES string of the molecule is Cc1ccc(-c2nn3c(NCc4ccccc4)cc(C)nc3c2C)cc1. The van der Waals surface area contributed by atoms with E-state index in [-0.39, 0.29) is 0 Å². The van der Waals surface area contributed by atoms with Gasteiger partial charge in [0.05, 0.1) is 5.69 Å². The third-order valence-electron chi connectivity index (χ3n) is 4.59. The van der Waals surface area contributed by atoms with Crippen molar-refractivity contribution < 1.29 is 0 Å². The summed E-state index contributed by atoms with van der Waals surface area (Å²) in [6.07, 6.45) is 0. The molecule has 26 heavy (non-hydrogen) atoms. The molecule has 4 nitrogen and oxygen atoms in total. The highest BCUT2D eigenvalue weighted by Crippen LogP contribution is 2.27. The van der Waals surface area contributed by atoms with Gasteiger partial charge >= 0.3 is 0 Å². The molecule has 2 aromatic heterocycles. The largest absolute Gasteiger partial charge is 0.366 e. The summed E-state index contributed by atoms with van der Waals surface area (Å²) in [5.74, 6) is 0.956. The van der Waals surface area contributed by atoms with Gasteiger partial charge in [-0.15, -0.1) is 0 Å². The molecule has 0 amide bonds. The monoisotopic (exact) mass is 342 g/mol. The Morgan fingerprint density at radius 3 is 2.38 bits per heavy atom. The molecular weight excluding hydrogens is 320 g/mol. The molecule has 0 atom stereocenters. The first-order valence-corrected chi connectivity index (χ1v) is 8.83. The topological polar surface area (TPSA) is 42.2 Å². The second-order valence-electron chi connectivity index (χ2n) is 6.70. The van der Waals surface area contributed by atoms with Gasteiger partial charge in [-0.3, -0.25) is 0 Å². The lowest BCUT2D eigenvalue weighted by molar-refractivity contribution is 0.920. The van der Waals surface area contributed by atoms with Crippen LogP contribution in [-0.4, -0.2) is 14.6 Å². The van der Waals surface area contributed by atoms with Gasteiger partial charge < -0.3 is 5.32 Å². The molecule has 0 aliphatic rings. The Balaban J connectivity index is 1.76. The summed E-state index contributed by atoms with van der Waals surface area (Å²) >= 11 is 0. The number of rotatable bonds is 4. The van der Waals surface area contributed by atoms with Gasteiger partial charge in [0.15, 0.2) is 5.65 Å². The lowest BCUT2D eigenvalue weighted by Gasteiger charge is -2.09. The van der Waals surface area contributed by atoms with Crippen molar-refractivity contribution >= 4 is 11.5 Å². The summed E-state index contributed by atoms with van der Waals surface area (Å²) in [5.41, 5.74) is 7.55. The average Bonchev–Trinajstić information content (AvgIpc) is 2.98. The van der Waals surface area contributed by atoms with E-state index in [9.17, 15) is 0 Å². The van der Waals surface area contributed by atoms with Crippen LogP contribution in [-0.2, 0) is 6.54 Å². The summed E-state index contributed by atoms with van der Waals surface area (Å²) < 4.78 is 1.92. The van der Waals surface area contributed by atoms with Crippen LogP contribution in [0.5, 0.6) is 0 Å². The number of benzene rings is 2. The van der Waals surface area contributed by atoms with Gasteiger partial charge in [-0.05, 0) is 26.3 Å². The van der Waals surface area contributed by atoms with E-state index >= 15 is 0 Å². The van der Waals surface area contributed by atoms with Crippen LogP contribution in [0.25, 0.3) is 16.9 Å². The number of nitrogens with one attached hydrogen (secondary N) is 1. The predicted molar refractivity (Wildman–Crippen MR) is 106 cm³/mol. The minimum Gasteiger partial charge on any atom is -0.366 e. The predicted octanol–water partition coefficient (Wildman–Crippen LogP) is 4.93. The van der Waals surface area contributed by atoms with Crippen LogP contribution in [0.15, 0.2) is 60.7 Å². The van der Waals surface area contributed by atoms with Gasteiger partial charge in [0.2, 0.25) is 0 Å². The number of aromatic nitrogens is 3. The number of aryl methyl sites for hydroxylation is 3. The van der Waals surface area contributed by atoms with Gasteiger partial charge in [-0.25, -0.2) is 4.98 Å². The Bertz CT molecular complexity index is 1050. The normalized spacial score (nSPS) is 11.0. The Kier molecular flexibility index (Phi) is 4.17. The molecule has 0 fully saturated rings. The smallest absolute Gasteiger partial charge is 0.161 e. The Morgan fingerprint density at radius 2 is 1.65 bits per heavy atom. The van der Waals surface area contributed by atoms with E-state index in [1.165, 1.54) is 11.1 Å². The third kappa shape index (κ3) is 3.06. The van der Waals surface area contributed by atoms with E-state index in [1.54, 1.807) is 0 Å². The maximum atomic E-state index is 4.86. The summed E-state index contributed by atoms with van der Waals surface area (Å²) in [4.78, 5) is 4.72. The van der Waals surface area contributed by atoms with Gasteiger partial charge in [0.25, 0.3) is 0 Å². The van der Waals surface area contributed by atoms with Crippen LogP contribution in [0, 0.1) is 20.8 Å². The van der Waals surface area contributed by atoms with E-state index in [4.69, 9.17) is 10.1 Å². The number of anilines is 1. The molecule has 0 radical (unpaired) electrons. The van der Waals surface area contributed by atoms with Crippen molar-refractivity contribution in [3.63, 3.8) is 0 Å². The summed E-state index contributed by atoms with van der Waals surface area (Å²) in [6.45, 7) is 6.95. The lowest BCUT2D eigenvalue weighted by atomic mass is 10.1. The van der Waals surface area contributed by atoms with E-state index in [1.807, 2.05) is 23.6 Å². The average molecular weight is 342 g/mol. The fraction of sp³-hybridized carbons (Fsp3) is 0.182. The van der Waals surface area contributed by atoms with Crippen LogP contribution in [0.1, 0.15) is 22.4 Å². The Morgan fingerprint density at radius 1 is 0.923 bits per heavy atom. The van der Waals surface area contributed by atoms with Crippen LogP contribution >= 0.6 is 0 Å². The quantitative estimate of drug-likeness (QED) is 0.571. The zero-order valence-electron chi connectivity index (χ0n) is 15.3. The van der Waals surface area contributed by atoms with Crippen molar-refractivity contribution in [1.29, 1.82) is 0 Å². The molecule has 0 unspecified atom stereocenters. The highest BCUT2D eigenvalue weighted by molar-refractivity contribution is 5.71. The molecule has 0 bridgehead atoms. The summed E-state index contributed by atoms with van der Waals surface area (Å²) in [7, 11) is 0. The van der Waals surface area contributed by atoms with E-state index in [0.717, 1.165) is 40.5 Å². The molecule has 4 aromatic rings. The Hall–Kier alpha value is -3.14. The van der Waals surface area contributed by atoms with E-state index < -0.39 is 0 Å². The summed E-state index contributed by atoms with van der Waals surface area (Å²) in [5, 5.41) is 8.36. The lowest BCUT2D eigenvalue weighted by Crippen LogP contribution is -2.06. The van der Waals surface area contributed by atoms with Gasteiger partial charge in [-0.2, -0.15) is 9.61 Å². The van der Waals surface area contributed by atoms with E-state index in [2.05, 4.69) is 67.7 Å². The Labute approximate surface area is 153 Å². The molecule has 4 heteroatoms. The first-order valence-electron chi connectivity index (χ1n) is 8.83. The molecule has 0 saturated carbocycles. The van der Waals surface area contributed by atoms with Crippen molar-refractivity contribution in [1.82, 2.24) is 14.6 Å². The van der Waals surface area contributed by atoms with Gasteiger partial charge in [-0.1, -0.05) is 60.2 Å². The molecule has 0 aliphatic carbocycles. The molecule has 2 heterocycles. The fourth-order valence-corrected chi connectivity index (χ4v) is 3.14. The van der Waals surface area contributed by atoms with Gasteiger partial charge in [0.1, 0.15) is 5.82 Å². The number of hydrogen-bond acceptors (Lipinski definition) is 3. The third-order valence-corrected chi connectivity index (χ3v) is 4.59. The van der Waals surface area contributed by atoms with Gasteiger partial charge in [0, 0.05) is 29.4 Å². The molecule has 1 N–H and O–H groups in total. The van der Waals surface area contributed by atoms with Crippen LogP contribution in [0.4, 0.5) is 5.82 Å². The zero-order valence-corrected chi connectivity index (χ0v) is 15.3. The first kappa shape index (κ1) is 16.3. The maximum Gasteiger partial charge on any atom is 0.161 e. The van der Waals surface area contributed by atoms with Crippen LogP contribution in [0.2, 0.25) is 0 Å². The number of fused-ring (bicyclic) bond motifs is 1. The van der Waals surface area contributed by atoms with Crippen LogP contribution in [0.3, 0.4) is 0 Å². The highest BCUT2D eigenvalue weighted by Gasteiger charge is 2.15. The highest BCUT2D eigenvalue weighted by atomic mass is 15.3. The molecule has 0 spiro atoms. The second-order valence-corrected chi connectivity index (χ2v) is 6.70. The molecular formula is C22H22N4. The number of hydrogen-bond donors (Lipinski definition) is 1. The first-order chi connectivity index (χ1) is 12.6. The van der Waals surface area contributed by atoms with Crippen molar-refractivity contribution in [3.05, 3.63) is 83.0 Å². The maximum absolute atomic E-state index is 4.86. The number of nitrogens with zero attached hydrogens (tertiary/aromatic N) is 3. The molecule has 4 rings (SSSR count). The second kappa shape index (κ2) is 6.64. The zero-order chi connectivity index (χ0) is 18.1. The molecule has 130 valence electrons. The van der Waals surface area contributed by atoms with Crippen molar-refractivity contribution in [2.75, 3.05) is 5.32 Å². The van der Waals surface area contributed by atoms with Crippen molar-refractivity contribution in [3.8, 4) is 11.3 Å². The van der Waals surface area contributed by atoms with Crippen molar-refractivity contribution in [2.45, 2.75) is 27.3 Å². The fourth-order valence-electron chi connectivity index (χ4n) is 3.14. The molecule has 0 aliphatic heterocycles.